The Morgan fingerprint density at radius 2 is 2.22 bits per heavy atom. The van der Waals surface area contributed by atoms with Crippen LogP contribution in [0.25, 0.3) is 0 Å². The maximum atomic E-state index is 9.59. The number of aliphatic hydroxyl groups is 1. The Morgan fingerprint density at radius 3 is 2.56 bits per heavy atom. The van der Waals surface area contributed by atoms with Crippen molar-refractivity contribution in [2.45, 2.75) is 6.42 Å². The van der Waals surface area contributed by atoms with E-state index in [2.05, 4.69) is 0 Å². The summed E-state index contributed by atoms with van der Waals surface area (Å²) in [6.45, 7) is -0.0240. The van der Waals surface area contributed by atoms with E-state index in [9.17, 15) is 9.90 Å². The Labute approximate surface area is 96.2 Å². The second kappa shape index (κ2) is 8.81. The molecule has 0 fully saturated rings. The van der Waals surface area contributed by atoms with Gasteiger partial charge in [0.05, 0.1) is 5.97 Å². The van der Waals surface area contributed by atoms with Crippen LogP contribution in [0.1, 0.15) is 6.42 Å². The standard InChI is InChI=1S/C5H8O3.K/c6-4-2-1-3-5(7)8;/h1,3,6H,2,4H2,(H,7,8);/q;+1/p-1. The zero-order valence-electron chi connectivity index (χ0n) is 5.33. The molecule has 0 radical (unpaired) electrons. The predicted octanol–water partition coefficient (Wildman–Crippen LogP) is -4.32. The van der Waals surface area contributed by atoms with Crippen LogP contribution in [-0.2, 0) is 4.79 Å². The number of carboxylic acids is 1. The molecule has 4 heteroatoms. The van der Waals surface area contributed by atoms with E-state index in [0.717, 1.165) is 6.08 Å². The molecule has 0 aromatic rings. The van der Waals surface area contributed by atoms with Gasteiger partial charge in [-0.25, -0.2) is 0 Å². The summed E-state index contributed by atoms with van der Waals surface area (Å²) in [5, 5.41) is 17.7. The van der Waals surface area contributed by atoms with Crippen molar-refractivity contribution < 1.29 is 66.4 Å². The van der Waals surface area contributed by atoms with E-state index in [0.29, 0.717) is 6.42 Å². The fraction of sp³-hybridized carbons (Fsp3) is 0.400. The Hall–Kier alpha value is 0.806. The third-order valence-corrected chi connectivity index (χ3v) is 0.550. The molecule has 0 unspecified atom stereocenters. The van der Waals surface area contributed by atoms with Gasteiger partial charge in [-0.2, -0.15) is 0 Å². The van der Waals surface area contributed by atoms with Crippen LogP contribution in [0.3, 0.4) is 0 Å². The van der Waals surface area contributed by atoms with Gasteiger partial charge in [0.15, 0.2) is 0 Å². The first-order valence-electron chi connectivity index (χ1n) is 2.25. The SMILES string of the molecule is O=C([O-])C=CCCO.[K+]. The molecular weight excluding hydrogens is 147 g/mol. The first kappa shape index (κ1) is 12.5. The second-order valence-corrected chi connectivity index (χ2v) is 1.23. The Kier molecular flexibility index (Phi) is 12.2. The molecule has 3 nitrogen and oxygen atoms in total. The topological polar surface area (TPSA) is 60.4 Å². The molecule has 0 spiro atoms. The number of aliphatic carboxylic acids is 1. The Balaban J connectivity index is 0. The van der Waals surface area contributed by atoms with Crippen LogP contribution in [0.5, 0.6) is 0 Å². The molecule has 0 aliphatic carbocycles. The van der Waals surface area contributed by atoms with E-state index in [4.69, 9.17) is 5.11 Å². The van der Waals surface area contributed by atoms with Gasteiger partial charge in [0.1, 0.15) is 0 Å². The van der Waals surface area contributed by atoms with Gasteiger partial charge in [-0.3, -0.25) is 0 Å². The molecule has 9 heavy (non-hydrogen) atoms. The fourth-order valence-corrected chi connectivity index (χ4v) is 0.254. The van der Waals surface area contributed by atoms with Crippen molar-refractivity contribution in [2.24, 2.45) is 0 Å². The molecule has 0 heterocycles. The van der Waals surface area contributed by atoms with Crippen LogP contribution in [-0.4, -0.2) is 17.7 Å². The molecule has 1 N–H and O–H groups in total. The van der Waals surface area contributed by atoms with Crippen LogP contribution >= 0.6 is 0 Å². The smallest absolute Gasteiger partial charge is 0.545 e. The van der Waals surface area contributed by atoms with E-state index in [-0.39, 0.29) is 58.0 Å². The summed E-state index contributed by atoms with van der Waals surface area (Å²) >= 11 is 0. The average Bonchev–Trinajstić information content (AvgIpc) is 1.66. The van der Waals surface area contributed by atoms with Gasteiger partial charge in [-0.05, 0) is 12.5 Å². The minimum absolute atomic E-state index is 0. The molecule has 0 saturated heterocycles. The summed E-state index contributed by atoms with van der Waals surface area (Å²) in [4.78, 5) is 9.59. The number of aliphatic hydroxyl groups excluding tert-OH is 1. The normalized spacial score (nSPS) is 9.00. The fourth-order valence-electron chi connectivity index (χ4n) is 0.254. The van der Waals surface area contributed by atoms with Crippen LogP contribution in [0.4, 0.5) is 0 Å². The number of hydrogen-bond acceptors (Lipinski definition) is 3. The Bertz CT molecular complexity index is 100. The van der Waals surface area contributed by atoms with Gasteiger partial charge < -0.3 is 15.0 Å². The van der Waals surface area contributed by atoms with E-state index in [1.807, 2.05) is 0 Å². The molecule has 46 valence electrons. The largest absolute Gasteiger partial charge is 1.00 e. The third kappa shape index (κ3) is 12.1. The summed E-state index contributed by atoms with van der Waals surface area (Å²) in [6.07, 6.45) is 2.61. The first-order valence-corrected chi connectivity index (χ1v) is 2.25. The van der Waals surface area contributed by atoms with Crippen molar-refractivity contribution in [2.75, 3.05) is 6.61 Å². The molecule has 0 aromatic heterocycles. The van der Waals surface area contributed by atoms with E-state index >= 15 is 0 Å². The molecule has 0 aliphatic heterocycles. The molecule has 0 amide bonds. The average molecular weight is 154 g/mol. The van der Waals surface area contributed by atoms with Gasteiger partial charge in [0.2, 0.25) is 0 Å². The van der Waals surface area contributed by atoms with Crippen molar-refractivity contribution in [3.8, 4) is 0 Å². The maximum Gasteiger partial charge on any atom is 1.00 e. The summed E-state index contributed by atoms with van der Waals surface area (Å²) in [6, 6.07) is 0. The van der Waals surface area contributed by atoms with Crippen molar-refractivity contribution in [1.29, 1.82) is 0 Å². The molecule has 0 atom stereocenters. The van der Waals surface area contributed by atoms with Crippen LogP contribution in [0, 0.1) is 0 Å². The number of carbonyl (C=O) groups excluding carboxylic acids is 1. The second-order valence-electron chi connectivity index (χ2n) is 1.23. The predicted molar refractivity (Wildman–Crippen MR) is 25.8 cm³/mol. The monoisotopic (exact) mass is 154 g/mol. The molecular formula is C5H7KO3. The van der Waals surface area contributed by atoms with Crippen molar-refractivity contribution in [3.63, 3.8) is 0 Å². The number of hydrogen-bond donors (Lipinski definition) is 1. The molecule has 0 aromatic carbocycles. The number of carbonyl (C=O) groups is 1. The van der Waals surface area contributed by atoms with E-state index < -0.39 is 5.97 Å². The number of rotatable bonds is 3. The summed E-state index contributed by atoms with van der Waals surface area (Å²) in [7, 11) is 0. The van der Waals surface area contributed by atoms with Crippen LogP contribution in [0.2, 0.25) is 0 Å². The van der Waals surface area contributed by atoms with E-state index in [1.165, 1.54) is 6.08 Å². The number of carboxylic acid groups (broad SMARTS) is 1. The van der Waals surface area contributed by atoms with Crippen molar-refractivity contribution >= 4 is 5.97 Å². The molecule has 0 aliphatic rings. The van der Waals surface area contributed by atoms with Gasteiger partial charge in [-0.1, -0.05) is 6.08 Å². The molecule has 0 bridgehead atoms. The van der Waals surface area contributed by atoms with Gasteiger partial charge in [-0.15, -0.1) is 0 Å². The first-order chi connectivity index (χ1) is 3.77. The maximum absolute atomic E-state index is 9.59. The quantitative estimate of drug-likeness (QED) is 0.330. The van der Waals surface area contributed by atoms with Crippen molar-refractivity contribution in [1.82, 2.24) is 0 Å². The minimum Gasteiger partial charge on any atom is -0.545 e. The van der Waals surface area contributed by atoms with Gasteiger partial charge >= 0.3 is 51.4 Å². The molecule has 0 rings (SSSR count). The summed E-state index contributed by atoms with van der Waals surface area (Å²) in [5.74, 6) is -1.22. The summed E-state index contributed by atoms with van der Waals surface area (Å²) in [5.41, 5.74) is 0. The van der Waals surface area contributed by atoms with Gasteiger partial charge in [0.25, 0.3) is 0 Å². The van der Waals surface area contributed by atoms with Gasteiger partial charge in [0, 0.05) is 6.61 Å². The zero-order chi connectivity index (χ0) is 6.41. The van der Waals surface area contributed by atoms with Crippen molar-refractivity contribution in [3.05, 3.63) is 12.2 Å². The minimum atomic E-state index is -1.22. The Morgan fingerprint density at radius 1 is 1.67 bits per heavy atom. The third-order valence-electron chi connectivity index (χ3n) is 0.550. The zero-order valence-corrected chi connectivity index (χ0v) is 8.46. The summed E-state index contributed by atoms with van der Waals surface area (Å²) < 4.78 is 0. The van der Waals surface area contributed by atoms with E-state index in [1.54, 1.807) is 0 Å². The van der Waals surface area contributed by atoms with Crippen LogP contribution < -0.4 is 56.5 Å². The molecule has 0 saturated carbocycles. The van der Waals surface area contributed by atoms with Crippen LogP contribution in [0.15, 0.2) is 12.2 Å².